The molecule has 2 N–H and O–H groups in total. The Kier molecular flexibility index (Phi) is 5.18. The Labute approximate surface area is 150 Å². The lowest BCUT2D eigenvalue weighted by Crippen LogP contribution is -2.44. The van der Waals surface area contributed by atoms with Crippen molar-refractivity contribution in [1.29, 1.82) is 0 Å². The topological polar surface area (TPSA) is 104 Å². The lowest BCUT2D eigenvalue weighted by atomic mass is 10.0. The molecular weight excluding hydrogens is 336 g/mol. The van der Waals surface area contributed by atoms with E-state index in [9.17, 15) is 25.1 Å². The number of rotatable bonds is 5. The second-order valence-corrected chi connectivity index (χ2v) is 6.47. The molecule has 26 heavy (non-hydrogen) atoms. The summed E-state index contributed by atoms with van der Waals surface area (Å²) in [5, 5.41) is 31.1. The summed E-state index contributed by atoms with van der Waals surface area (Å²) in [7, 11) is 0. The van der Waals surface area contributed by atoms with E-state index in [1.54, 1.807) is 24.3 Å². The van der Waals surface area contributed by atoms with Gasteiger partial charge in [0.25, 0.3) is 5.69 Å². The lowest BCUT2D eigenvalue weighted by Gasteiger charge is -2.31. The molecule has 7 heteroatoms. The first-order valence-electron chi connectivity index (χ1n) is 8.45. The van der Waals surface area contributed by atoms with Gasteiger partial charge in [-0.1, -0.05) is 42.5 Å². The van der Waals surface area contributed by atoms with Crippen molar-refractivity contribution >= 4 is 11.8 Å². The molecule has 0 spiro atoms. The summed E-state index contributed by atoms with van der Waals surface area (Å²) in [6.45, 7) is 0. The highest BCUT2D eigenvalue weighted by Crippen LogP contribution is 2.34. The minimum Gasteiger partial charge on any atom is -0.465 e. The first kappa shape index (κ1) is 17.9. The van der Waals surface area contributed by atoms with E-state index in [0.29, 0.717) is 24.8 Å². The van der Waals surface area contributed by atoms with Crippen molar-refractivity contribution < 1.29 is 19.9 Å². The molecule has 0 bridgehead atoms. The van der Waals surface area contributed by atoms with Crippen LogP contribution in [0.25, 0.3) is 0 Å². The zero-order valence-electron chi connectivity index (χ0n) is 14.1. The zero-order valence-corrected chi connectivity index (χ0v) is 14.1. The molecule has 2 aromatic carbocycles. The molecule has 0 radical (unpaired) electrons. The van der Waals surface area contributed by atoms with Gasteiger partial charge in [-0.05, 0) is 30.4 Å². The second kappa shape index (κ2) is 7.53. The van der Waals surface area contributed by atoms with Crippen molar-refractivity contribution in [2.75, 3.05) is 0 Å². The molecule has 0 saturated carbocycles. The third kappa shape index (κ3) is 3.67. The Morgan fingerprint density at radius 2 is 1.81 bits per heavy atom. The van der Waals surface area contributed by atoms with Gasteiger partial charge in [-0.15, -0.1) is 0 Å². The number of hydrogen-bond donors (Lipinski definition) is 2. The number of nitro benzene ring substituents is 1. The molecule has 3 atom stereocenters. The summed E-state index contributed by atoms with van der Waals surface area (Å²) < 4.78 is 0. The van der Waals surface area contributed by atoms with E-state index in [-0.39, 0.29) is 11.7 Å². The molecule has 3 rings (SSSR count). The summed E-state index contributed by atoms with van der Waals surface area (Å²) in [5.41, 5.74) is 1.54. The number of aliphatic hydroxyl groups excluding tert-OH is 1. The van der Waals surface area contributed by atoms with Crippen LogP contribution in [0.1, 0.15) is 30.1 Å². The Hall–Kier alpha value is -2.93. The predicted octanol–water partition coefficient (Wildman–Crippen LogP) is 3.38. The van der Waals surface area contributed by atoms with E-state index >= 15 is 0 Å². The largest absolute Gasteiger partial charge is 0.465 e. The van der Waals surface area contributed by atoms with Crippen LogP contribution in [0.5, 0.6) is 0 Å². The van der Waals surface area contributed by atoms with Crippen LogP contribution in [0.3, 0.4) is 0 Å². The van der Waals surface area contributed by atoms with Gasteiger partial charge < -0.3 is 10.2 Å². The normalized spacial score (nSPS) is 20.7. The molecule has 1 fully saturated rings. The van der Waals surface area contributed by atoms with Crippen LogP contribution in [-0.2, 0) is 6.42 Å². The highest BCUT2D eigenvalue weighted by molar-refractivity contribution is 5.66. The van der Waals surface area contributed by atoms with E-state index in [4.69, 9.17) is 0 Å². The van der Waals surface area contributed by atoms with E-state index in [2.05, 4.69) is 0 Å². The Balaban J connectivity index is 1.76. The number of carboxylic acid groups (broad SMARTS) is 1. The number of non-ortho nitro benzene ring substituents is 1. The molecule has 1 amide bonds. The average Bonchev–Trinajstić information content (AvgIpc) is 3.06. The van der Waals surface area contributed by atoms with Crippen molar-refractivity contribution in [2.45, 2.75) is 37.5 Å². The van der Waals surface area contributed by atoms with Crippen LogP contribution >= 0.6 is 0 Å². The molecule has 1 aliphatic rings. The minimum absolute atomic E-state index is 0.00707. The Bertz CT molecular complexity index is 778. The van der Waals surface area contributed by atoms with E-state index in [1.807, 2.05) is 18.2 Å². The highest BCUT2D eigenvalue weighted by atomic mass is 16.6. The lowest BCUT2D eigenvalue weighted by molar-refractivity contribution is -0.384. The molecular formula is C19H20N2O5. The van der Waals surface area contributed by atoms with Crippen molar-refractivity contribution in [3.05, 3.63) is 75.8 Å². The standard InChI is InChI=1S/C19H20N2O5/c22-18(14-4-2-1-3-5-14)17-11-10-16(20(17)19(23)24)12-13-6-8-15(9-7-13)21(25)26/h1-9,16-18,22H,10-12H2,(H,23,24)/t16-,17-,18?/m1/s1. The van der Waals surface area contributed by atoms with Gasteiger partial charge in [-0.25, -0.2) is 4.79 Å². The van der Waals surface area contributed by atoms with Crippen molar-refractivity contribution in [2.24, 2.45) is 0 Å². The number of nitrogens with zero attached hydrogens (tertiary/aromatic N) is 2. The fourth-order valence-corrected chi connectivity index (χ4v) is 3.62. The summed E-state index contributed by atoms with van der Waals surface area (Å²) in [6.07, 6.45) is -0.274. The number of likely N-dealkylation sites (tertiary alicyclic amines) is 1. The molecule has 0 aromatic heterocycles. The van der Waals surface area contributed by atoms with Crippen LogP contribution in [0.4, 0.5) is 10.5 Å². The SMILES string of the molecule is O=C(O)N1[C@@H](Cc2ccc([N+](=O)[O-])cc2)CC[C@@H]1C(O)c1ccccc1. The first-order chi connectivity index (χ1) is 12.5. The van der Waals surface area contributed by atoms with Crippen LogP contribution in [0.2, 0.25) is 0 Å². The molecule has 1 heterocycles. The quantitative estimate of drug-likeness (QED) is 0.631. The minimum atomic E-state index is -1.06. The first-order valence-corrected chi connectivity index (χ1v) is 8.45. The van der Waals surface area contributed by atoms with Gasteiger partial charge in [0.15, 0.2) is 0 Å². The fraction of sp³-hybridized carbons (Fsp3) is 0.316. The van der Waals surface area contributed by atoms with Crippen molar-refractivity contribution in [1.82, 2.24) is 4.90 Å². The zero-order chi connectivity index (χ0) is 18.7. The number of aliphatic hydroxyl groups is 1. The van der Waals surface area contributed by atoms with Gasteiger partial charge in [0, 0.05) is 18.2 Å². The summed E-state index contributed by atoms with van der Waals surface area (Å²) in [4.78, 5) is 23.4. The van der Waals surface area contributed by atoms with Crippen LogP contribution in [-0.4, -0.2) is 38.2 Å². The predicted molar refractivity (Wildman–Crippen MR) is 94.9 cm³/mol. The van der Waals surface area contributed by atoms with Gasteiger partial charge in [0.1, 0.15) is 0 Å². The maximum atomic E-state index is 11.8. The third-order valence-electron chi connectivity index (χ3n) is 4.89. The van der Waals surface area contributed by atoms with Gasteiger partial charge in [-0.2, -0.15) is 0 Å². The summed E-state index contributed by atoms with van der Waals surface area (Å²) in [5.74, 6) is 0. The van der Waals surface area contributed by atoms with Crippen LogP contribution < -0.4 is 0 Å². The van der Waals surface area contributed by atoms with E-state index in [1.165, 1.54) is 17.0 Å². The Morgan fingerprint density at radius 3 is 2.38 bits per heavy atom. The van der Waals surface area contributed by atoms with Crippen LogP contribution in [0.15, 0.2) is 54.6 Å². The molecule has 2 aromatic rings. The van der Waals surface area contributed by atoms with Gasteiger partial charge in [0.2, 0.25) is 0 Å². The van der Waals surface area contributed by atoms with Gasteiger partial charge in [0.05, 0.1) is 17.1 Å². The third-order valence-corrected chi connectivity index (χ3v) is 4.89. The summed E-state index contributed by atoms with van der Waals surface area (Å²) in [6, 6.07) is 14.4. The number of nitro groups is 1. The van der Waals surface area contributed by atoms with Gasteiger partial charge >= 0.3 is 6.09 Å². The molecule has 0 aliphatic carbocycles. The van der Waals surface area contributed by atoms with Gasteiger partial charge in [-0.3, -0.25) is 15.0 Å². The van der Waals surface area contributed by atoms with Crippen LogP contribution in [0, 0.1) is 10.1 Å². The molecule has 136 valence electrons. The van der Waals surface area contributed by atoms with E-state index in [0.717, 1.165) is 5.56 Å². The second-order valence-electron chi connectivity index (χ2n) is 6.47. The van der Waals surface area contributed by atoms with Crippen molar-refractivity contribution in [3.8, 4) is 0 Å². The Morgan fingerprint density at radius 1 is 1.15 bits per heavy atom. The number of amides is 1. The fourth-order valence-electron chi connectivity index (χ4n) is 3.62. The van der Waals surface area contributed by atoms with Crippen molar-refractivity contribution in [3.63, 3.8) is 0 Å². The maximum Gasteiger partial charge on any atom is 0.407 e. The molecule has 1 unspecified atom stereocenters. The number of hydrogen-bond acceptors (Lipinski definition) is 4. The molecule has 1 saturated heterocycles. The summed E-state index contributed by atoms with van der Waals surface area (Å²) >= 11 is 0. The van der Waals surface area contributed by atoms with E-state index < -0.39 is 23.2 Å². The average molecular weight is 356 g/mol. The smallest absolute Gasteiger partial charge is 0.407 e. The highest BCUT2D eigenvalue weighted by Gasteiger charge is 2.41. The monoisotopic (exact) mass is 356 g/mol. The molecule has 7 nitrogen and oxygen atoms in total. The number of carbonyl (C=O) groups is 1. The number of benzene rings is 2. The molecule has 1 aliphatic heterocycles. The maximum absolute atomic E-state index is 11.8.